The van der Waals surface area contributed by atoms with Gasteiger partial charge in [-0.3, -0.25) is 14.2 Å². The van der Waals surface area contributed by atoms with Gasteiger partial charge in [-0.15, -0.1) is 0 Å². The van der Waals surface area contributed by atoms with Crippen LogP contribution < -0.4 is 15.6 Å². The normalized spacial score (nSPS) is 19.4. The van der Waals surface area contributed by atoms with Gasteiger partial charge in [-0.1, -0.05) is 15.9 Å². The number of hydrogen-bond acceptors (Lipinski definition) is 6. The van der Waals surface area contributed by atoms with Crippen molar-refractivity contribution in [1.82, 2.24) is 24.8 Å². The first kappa shape index (κ1) is 20.8. The highest BCUT2D eigenvalue weighted by Gasteiger charge is 2.36. The molecule has 9 heteroatoms. The van der Waals surface area contributed by atoms with E-state index in [-0.39, 0.29) is 11.5 Å². The molecular formula is C23H22BrN5O3. The van der Waals surface area contributed by atoms with E-state index in [1.165, 1.54) is 12.4 Å². The lowest BCUT2D eigenvalue weighted by Gasteiger charge is -2.31. The second-order valence-corrected chi connectivity index (χ2v) is 9.25. The molecule has 32 heavy (non-hydrogen) atoms. The van der Waals surface area contributed by atoms with E-state index in [1.54, 1.807) is 22.9 Å². The first-order chi connectivity index (χ1) is 15.4. The summed E-state index contributed by atoms with van der Waals surface area (Å²) in [5, 5.41) is 3.18. The number of nitrogens with one attached hydrogen (secondary N) is 1. The molecule has 0 saturated heterocycles. The number of carbonyl (C=O) groups is 1. The molecular weight excluding hydrogens is 474 g/mol. The summed E-state index contributed by atoms with van der Waals surface area (Å²) in [6.45, 7) is 3.05. The molecule has 1 atom stereocenters. The Kier molecular flexibility index (Phi) is 5.28. The Morgan fingerprint density at radius 2 is 2.12 bits per heavy atom. The van der Waals surface area contributed by atoms with Gasteiger partial charge in [-0.05, 0) is 49.9 Å². The van der Waals surface area contributed by atoms with E-state index in [2.05, 4.69) is 31.2 Å². The van der Waals surface area contributed by atoms with Crippen molar-refractivity contribution in [3.8, 4) is 17.1 Å². The van der Waals surface area contributed by atoms with Gasteiger partial charge in [0.1, 0.15) is 17.9 Å². The first-order valence-corrected chi connectivity index (χ1v) is 11.4. The summed E-state index contributed by atoms with van der Waals surface area (Å²) < 4.78 is 8.25. The largest absolute Gasteiger partial charge is 0.492 e. The van der Waals surface area contributed by atoms with Crippen molar-refractivity contribution in [3.63, 3.8) is 0 Å². The molecule has 3 aromatic rings. The zero-order valence-corrected chi connectivity index (χ0v) is 19.2. The van der Waals surface area contributed by atoms with Gasteiger partial charge < -0.3 is 10.1 Å². The Morgan fingerprint density at radius 1 is 1.25 bits per heavy atom. The Bertz CT molecular complexity index is 1260. The number of fused-ring (bicyclic) bond motifs is 2. The molecule has 1 N–H and O–H groups in total. The van der Waals surface area contributed by atoms with Crippen LogP contribution >= 0.6 is 15.9 Å². The molecule has 5 rings (SSSR count). The van der Waals surface area contributed by atoms with Gasteiger partial charge in [0.25, 0.3) is 11.5 Å². The molecule has 2 aliphatic rings. The van der Waals surface area contributed by atoms with Crippen LogP contribution in [0.4, 0.5) is 0 Å². The average Bonchev–Trinajstić information content (AvgIpc) is 3.18. The van der Waals surface area contributed by atoms with Crippen molar-refractivity contribution in [2.24, 2.45) is 0 Å². The lowest BCUT2D eigenvalue weighted by molar-refractivity contribution is 0.0890. The fraction of sp³-hybridized carbons (Fsp3) is 0.348. The molecule has 0 saturated carbocycles. The van der Waals surface area contributed by atoms with Gasteiger partial charge >= 0.3 is 0 Å². The molecule has 2 aromatic heterocycles. The molecule has 0 spiro atoms. The van der Waals surface area contributed by atoms with Crippen LogP contribution in [0.5, 0.6) is 5.75 Å². The lowest BCUT2D eigenvalue weighted by atomic mass is 9.93. The number of amides is 1. The third-order valence-corrected chi connectivity index (χ3v) is 6.49. The van der Waals surface area contributed by atoms with Crippen LogP contribution in [0.25, 0.3) is 11.4 Å². The summed E-state index contributed by atoms with van der Waals surface area (Å²) in [5.74, 6) is 0.919. The SMILES string of the molecule is CC1(NC(=O)c2cc(Br)cc3c2OCC3)CCCCn2c1nc(-c1ccncn1)cc2=O. The van der Waals surface area contributed by atoms with Crippen LogP contribution in [-0.2, 0) is 18.5 Å². The number of nitrogens with zero attached hydrogens (tertiary/aromatic N) is 4. The third-order valence-electron chi connectivity index (χ3n) is 6.04. The molecule has 4 heterocycles. The molecule has 0 fully saturated rings. The van der Waals surface area contributed by atoms with Crippen LogP contribution in [0.1, 0.15) is 47.9 Å². The fourth-order valence-electron chi connectivity index (χ4n) is 4.45. The fourth-order valence-corrected chi connectivity index (χ4v) is 4.96. The summed E-state index contributed by atoms with van der Waals surface area (Å²) in [6.07, 6.45) is 6.17. The Hall–Kier alpha value is -3.07. The van der Waals surface area contributed by atoms with E-state index in [4.69, 9.17) is 9.72 Å². The predicted octanol–water partition coefficient (Wildman–Crippen LogP) is 3.23. The minimum Gasteiger partial charge on any atom is -0.492 e. The number of hydrogen-bond donors (Lipinski definition) is 1. The van der Waals surface area contributed by atoms with Crippen LogP contribution in [0, 0.1) is 0 Å². The zero-order valence-electron chi connectivity index (χ0n) is 17.6. The van der Waals surface area contributed by atoms with Gasteiger partial charge in [0, 0.05) is 29.7 Å². The highest BCUT2D eigenvalue weighted by molar-refractivity contribution is 9.10. The van der Waals surface area contributed by atoms with Crippen LogP contribution in [0.15, 0.2) is 46.1 Å². The number of rotatable bonds is 3. The Labute approximate surface area is 193 Å². The summed E-state index contributed by atoms with van der Waals surface area (Å²) in [7, 11) is 0. The second-order valence-electron chi connectivity index (χ2n) is 8.33. The van der Waals surface area contributed by atoms with E-state index < -0.39 is 5.54 Å². The maximum atomic E-state index is 13.4. The summed E-state index contributed by atoms with van der Waals surface area (Å²) >= 11 is 3.50. The highest BCUT2D eigenvalue weighted by Crippen LogP contribution is 2.35. The van der Waals surface area contributed by atoms with Crippen molar-refractivity contribution < 1.29 is 9.53 Å². The molecule has 0 aliphatic carbocycles. The topological polar surface area (TPSA) is 99.0 Å². The highest BCUT2D eigenvalue weighted by atomic mass is 79.9. The number of benzene rings is 1. The van der Waals surface area contributed by atoms with Crippen molar-refractivity contribution in [2.45, 2.75) is 44.7 Å². The van der Waals surface area contributed by atoms with Crippen LogP contribution in [0.2, 0.25) is 0 Å². The maximum Gasteiger partial charge on any atom is 0.255 e. The number of ether oxygens (including phenoxy) is 1. The van der Waals surface area contributed by atoms with E-state index in [0.29, 0.717) is 48.1 Å². The van der Waals surface area contributed by atoms with E-state index >= 15 is 0 Å². The van der Waals surface area contributed by atoms with Gasteiger partial charge in [0.2, 0.25) is 0 Å². The molecule has 2 aliphatic heterocycles. The van der Waals surface area contributed by atoms with Crippen molar-refractivity contribution in [2.75, 3.05) is 6.61 Å². The summed E-state index contributed by atoms with van der Waals surface area (Å²) in [6, 6.07) is 6.97. The van der Waals surface area contributed by atoms with E-state index in [0.717, 1.165) is 29.3 Å². The van der Waals surface area contributed by atoms with Gasteiger partial charge in [0.05, 0.1) is 29.1 Å². The minimum absolute atomic E-state index is 0.155. The standard InChI is InChI=1S/C23H22BrN5O3/c1-23(28-21(31)16-11-15(24)10-14-5-9-32-20(14)16)6-2-3-8-29-19(30)12-18(27-22(23)29)17-4-7-25-13-26-17/h4,7,10-13H,2-3,5-6,8-9H2,1H3,(H,28,31). The quantitative estimate of drug-likeness (QED) is 0.598. The number of carbonyl (C=O) groups excluding carboxylic acids is 1. The summed E-state index contributed by atoms with van der Waals surface area (Å²) in [5.41, 5.74) is 1.55. The molecule has 1 unspecified atom stereocenters. The molecule has 0 bridgehead atoms. The van der Waals surface area contributed by atoms with E-state index in [1.807, 2.05) is 13.0 Å². The first-order valence-electron chi connectivity index (χ1n) is 10.6. The molecule has 8 nitrogen and oxygen atoms in total. The van der Waals surface area contributed by atoms with Gasteiger partial charge in [-0.2, -0.15) is 0 Å². The minimum atomic E-state index is -0.830. The summed E-state index contributed by atoms with van der Waals surface area (Å²) in [4.78, 5) is 39.4. The average molecular weight is 496 g/mol. The Morgan fingerprint density at radius 3 is 2.94 bits per heavy atom. The van der Waals surface area contributed by atoms with Crippen LogP contribution in [0.3, 0.4) is 0 Å². The zero-order chi connectivity index (χ0) is 22.3. The van der Waals surface area contributed by atoms with Crippen molar-refractivity contribution in [3.05, 3.63) is 68.6 Å². The van der Waals surface area contributed by atoms with Gasteiger partial charge in [-0.25, -0.2) is 15.0 Å². The van der Waals surface area contributed by atoms with E-state index in [9.17, 15) is 9.59 Å². The third kappa shape index (κ3) is 3.70. The maximum absolute atomic E-state index is 13.4. The van der Waals surface area contributed by atoms with Crippen molar-refractivity contribution in [1.29, 1.82) is 0 Å². The molecule has 1 aromatic carbocycles. The van der Waals surface area contributed by atoms with Crippen molar-refractivity contribution >= 4 is 21.8 Å². The smallest absolute Gasteiger partial charge is 0.255 e. The van der Waals surface area contributed by atoms with Gasteiger partial charge in [0.15, 0.2) is 0 Å². The molecule has 164 valence electrons. The second kappa shape index (κ2) is 8.12. The van der Waals surface area contributed by atoms with Crippen LogP contribution in [-0.4, -0.2) is 32.0 Å². The molecule has 1 amide bonds. The Balaban J connectivity index is 1.58. The number of halogens is 1. The molecule has 0 radical (unpaired) electrons. The monoisotopic (exact) mass is 495 g/mol. The lowest BCUT2D eigenvalue weighted by Crippen LogP contribution is -2.47. The predicted molar refractivity (Wildman–Crippen MR) is 122 cm³/mol. The number of aromatic nitrogens is 4.